The smallest absolute Gasteiger partial charge is 0.262 e. The van der Waals surface area contributed by atoms with Gasteiger partial charge in [-0.1, -0.05) is 15.9 Å². The van der Waals surface area contributed by atoms with Crippen molar-refractivity contribution in [2.24, 2.45) is 0 Å². The second kappa shape index (κ2) is 5.33. The van der Waals surface area contributed by atoms with E-state index >= 15 is 0 Å². The molecule has 1 aromatic carbocycles. The first-order chi connectivity index (χ1) is 8.47. The van der Waals surface area contributed by atoms with Crippen LogP contribution >= 0.6 is 31.9 Å². The van der Waals surface area contributed by atoms with Gasteiger partial charge in [-0.25, -0.2) is 18.4 Å². The fourth-order valence-electron chi connectivity index (χ4n) is 1.18. The quantitative estimate of drug-likeness (QED) is 0.871. The molecule has 0 radical (unpaired) electrons. The molecule has 1 heterocycles. The molecule has 1 aromatic heterocycles. The van der Waals surface area contributed by atoms with Gasteiger partial charge in [0.15, 0.2) is 5.82 Å². The fraction of sp³-hybridized carbons (Fsp3) is 0. The summed E-state index contributed by atoms with van der Waals surface area (Å²) in [6, 6.07) is 6.31. The van der Waals surface area contributed by atoms with Crippen molar-refractivity contribution in [3.8, 4) is 0 Å². The summed E-state index contributed by atoms with van der Waals surface area (Å²) >= 11 is 6.37. The molecule has 5 nitrogen and oxygen atoms in total. The van der Waals surface area contributed by atoms with E-state index in [1.54, 1.807) is 12.1 Å². The van der Waals surface area contributed by atoms with Gasteiger partial charge < -0.3 is 0 Å². The lowest BCUT2D eigenvalue weighted by molar-refractivity contribution is 0.601. The summed E-state index contributed by atoms with van der Waals surface area (Å²) in [4.78, 5) is 7.95. The van der Waals surface area contributed by atoms with Gasteiger partial charge in [0.2, 0.25) is 0 Å². The fourth-order valence-corrected chi connectivity index (χ4v) is 2.64. The highest BCUT2D eigenvalue weighted by Crippen LogP contribution is 2.17. The maximum atomic E-state index is 12.0. The van der Waals surface area contributed by atoms with Crippen molar-refractivity contribution in [2.75, 3.05) is 4.72 Å². The molecule has 0 fully saturated rings. The summed E-state index contributed by atoms with van der Waals surface area (Å²) in [5.41, 5.74) is 0. The molecule has 0 aliphatic rings. The van der Waals surface area contributed by atoms with E-state index in [-0.39, 0.29) is 10.7 Å². The highest BCUT2D eigenvalue weighted by molar-refractivity contribution is 9.10. The number of hydrogen-bond acceptors (Lipinski definition) is 4. The molecule has 0 saturated carbocycles. The molecule has 94 valence electrons. The number of anilines is 1. The van der Waals surface area contributed by atoms with E-state index in [1.807, 2.05) is 0 Å². The van der Waals surface area contributed by atoms with Crippen LogP contribution in [-0.2, 0) is 10.0 Å². The van der Waals surface area contributed by atoms with Crippen molar-refractivity contribution in [1.82, 2.24) is 9.97 Å². The molecule has 2 aromatic rings. The molecule has 0 spiro atoms. The Balaban J connectivity index is 2.27. The van der Waals surface area contributed by atoms with Crippen molar-refractivity contribution >= 4 is 47.7 Å². The van der Waals surface area contributed by atoms with E-state index in [1.165, 1.54) is 24.5 Å². The lowest BCUT2D eigenvalue weighted by Crippen LogP contribution is -2.13. The number of hydrogen-bond donors (Lipinski definition) is 1. The van der Waals surface area contributed by atoms with Gasteiger partial charge >= 0.3 is 0 Å². The van der Waals surface area contributed by atoms with Gasteiger partial charge in [0, 0.05) is 4.47 Å². The van der Waals surface area contributed by atoms with Crippen molar-refractivity contribution in [3.63, 3.8) is 0 Å². The third kappa shape index (κ3) is 3.27. The Morgan fingerprint density at radius 1 is 1.00 bits per heavy atom. The Morgan fingerprint density at radius 3 is 2.22 bits per heavy atom. The molecule has 0 saturated heterocycles. The van der Waals surface area contributed by atoms with Crippen molar-refractivity contribution in [3.05, 3.63) is 45.7 Å². The number of sulfonamides is 1. The van der Waals surface area contributed by atoms with Crippen molar-refractivity contribution < 1.29 is 8.42 Å². The standard InChI is InChI=1S/C10H7Br2N3O2S/c11-7-1-3-8(4-2-7)18(16,17)15-10-6-13-9(12)5-14-10/h1-6H,(H,14,15). The van der Waals surface area contributed by atoms with Crippen LogP contribution in [0.2, 0.25) is 0 Å². The minimum absolute atomic E-state index is 0.162. The predicted molar refractivity (Wildman–Crippen MR) is 74.7 cm³/mol. The van der Waals surface area contributed by atoms with Gasteiger partial charge in [-0.3, -0.25) is 4.72 Å². The molecular weight excluding hydrogens is 386 g/mol. The van der Waals surface area contributed by atoms with Crippen LogP contribution in [0.4, 0.5) is 5.82 Å². The number of nitrogens with one attached hydrogen (secondary N) is 1. The van der Waals surface area contributed by atoms with Crippen LogP contribution in [0.5, 0.6) is 0 Å². The van der Waals surface area contributed by atoms with Gasteiger partial charge in [-0.05, 0) is 40.2 Å². The number of aromatic nitrogens is 2. The maximum Gasteiger partial charge on any atom is 0.263 e. The largest absolute Gasteiger partial charge is 0.263 e. The Hall–Kier alpha value is -0.990. The highest BCUT2D eigenvalue weighted by Gasteiger charge is 2.14. The molecule has 0 aliphatic heterocycles. The van der Waals surface area contributed by atoms with E-state index in [9.17, 15) is 8.42 Å². The van der Waals surface area contributed by atoms with Crippen LogP contribution in [0.15, 0.2) is 50.6 Å². The molecule has 0 aliphatic carbocycles. The molecule has 1 N–H and O–H groups in total. The van der Waals surface area contributed by atoms with Crippen LogP contribution in [-0.4, -0.2) is 18.4 Å². The lowest BCUT2D eigenvalue weighted by Gasteiger charge is -2.06. The average molecular weight is 393 g/mol. The number of benzene rings is 1. The van der Waals surface area contributed by atoms with Gasteiger partial charge in [0.05, 0.1) is 17.3 Å². The second-order valence-corrected chi connectivity index (χ2v) is 6.69. The molecule has 2 rings (SSSR count). The van der Waals surface area contributed by atoms with Crippen LogP contribution in [0, 0.1) is 0 Å². The zero-order valence-electron chi connectivity index (χ0n) is 8.84. The minimum Gasteiger partial charge on any atom is -0.262 e. The van der Waals surface area contributed by atoms with E-state index in [0.717, 1.165) is 4.47 Å². The Kier molecular flexibility index (Phi) is 3.98. The van der Waals surface area contributed by atoms with Gasteiger partial charge in [0.25, 0.3) is 10.0 Å². The lowest BCUT2D eigenvalue weighted by atomic mass is 10.4. The van der Waals surface area contributed by atoms with E-state index in [4.69, 9.17) is 0 Å². The SMILES string of the molecule is O=S(=O)(Nc1cnc(Br)cn1)c1ccc(Br)cc1. The summed E-state index contributed by atoms with van der Waals surface area (Å²) in [5, 5.41) is 0. The number of rotatable bonds is 3. The molecule has 0 atom stereocenters. The number of nitrogens with zero attached hydrogens (tertiary/aromatic N) is 2. The topological polar surface area (TPSA) is 72.0 Å². The van der Waals surface area contributed by atoms with Gasteiger partial charge in [0.1, 0.15) is 4.60 Å². The summed E-state index contributed by atoms with van der Waals surface area (Å²) in [6.07, 6.45) is 2.75. The zero-order chi connectivity index (χ0) is 13.2. The van der Waals surface area contributed by atoms with Crippen LogP contribution < -0.4 is 4.72 Å². The van der Waals surface area contributed by atoms with Crippen molar-refractivity contribution in [2.45, 2.75) is 4.90 Å². The van der Waals surface area contributed by atoms with Crippen LogP contribution in [0.1, 0.15) is 0 Å². The predicted octanol–water partition coefficient (Wildman–Crippen LogP) is 2.80. The minimum atomic E-state index is -3.63. The summed E-state index contributed by atoms with van der Waals surface area (Å²) in [6.45, 7) is 0. The molecular formula is C10H7Br2N3O2S. The zero-order valence-corrected chi connectivity index (χ0v) is 12.8. The second-order valence-electron chi connectivity index (χ2n) is 3.28. The Morgan fingerprint density at radius 2 is 1.67 bits per heavy atom. The van der Waals surface area contributed by atoms with Crippen LogP contribution in [0.25, 0.3) is 0 Å². The Labute approximate surface area is 121 Å². The van der Waals surface area contributed by atoms with Crippen molar-refractivity contribution in [1.29, 1.82) is 0 Å². The third-order valence-corrected chi connectivity index (χ3v) is 4.29. The van der Waals surface area contributed by atoms with E-state index in [2.05, 4.69) is 46.5 Å². The van der Waals surface area contributed by atoms with Crippen LogP contribution in [0.3, 0.4) is 0 Å². The molecule has 8 heteroatoms. The summed E-state index contributed by atoms with van der Waals surface area (Å²) in [5.74, 6) is 0.168. The van der Waals surface area contributed by atoms with E-state index < -0.39 is 10.0 Å². The van der Waals surface area contributed by atoms with E-state index in [0.29, 0.717) is 4.60 Å². The molecule has 0 amide bonds. The Bertz CT molecular complexity index is 642. The first kappa shape index (κ1) is 13.4. The highest BCUT2D eigenvalue weighted by atomic mass is 79.9. The maximum absolute atomic E-state index is 12.0. The van der Waals surface area contributed by atoms with Gasteiger partial charge in [-0.2, -0.15) is 0 Å². The monoisotopic (exact) mass is 391 g/mol. The average Bonchev–Trinajstić information content (AvgIpc) is 2.32. The summed E-state index contributed by atoms with van der Waals surface area (Å²) in [7, 11) is -3.63. The number of halogens is 2. The molecule has 0 unspecified atom stereocenters. The molecule has 0 bridgehead atoms. The van der Waals surface area contributed by atoms with Gasteiger partial charge in [-0.15, -0.1) is 0 Å². The first-order valence-electron chi connectivity index (χ1n) is 4.73. The summed E-state index contributed by atoms with van der Waals surface area (Å²) < 4.78 is 27.7. The molecule has 18 heavy (non-hydrogen) atoms. The first-order valence-corrected chi connectivity index (χ1v) is 7.80. The normalized spacial score (nSPS) is 11.2. The third-order valence-electron chi connectivity index (χ3n) is 1.98.